The number of halogens is 1. The second-order valence-corrected chi connectivity index (χ2v) is 35.9. The summed E-state index contributed by atoms with van der Waals surface area (Å²) in [5.74, 6) is 0. The second kappa shape index (κ2) is 33.2. The van der Waals surface area contributed by atoms with Crippen LogP contribution in [-0.4, -0.2) is 9.97 Å². The van der Waals surface area contributed by atoms with E-state index in [0.29, 0.717) is 0 Å². The van der Waals surface area contributed by atoms with Crippen molar-refractivity contribution in [3.63, 3.8) is 0 Å². The Morgan fingerprint density at radius 3 is 0.985 bits per heavy atom. The zero-order valence-corrected chi connectivity index (χ0v) is 72.9. The van der Waals surface area contributed by atoms with E-state index >= 15 is 0 Å². The molecule has 24 aromatic rings. The number of benzene rings is 22. The molecule has 4 aliphatic rings. The summed E-state index contributed by atoms with van der Waals surface area (Å²) in [4.78, 5) is 8.91. The Morgan fingerprint density at radius 1 is 0.177 bits per heavy atom. The lowest BCUT2D eigenvalue weighted by Crippen LogP contribution is -1.90. The van der Waals surface area contributed by atoms with Crippen LogP contribution in [0.4, 0.5) is 0 Å². The van der Waals surface area contributed by atoms with Crippen LogP contribution in [0.2, 0.25) is 5.28 Å². The molecule has 0 amide bonds. The fourth-order valence-corrected chi connectivity index (χ4v) is 22.0. The maximum absolute atomic E-state index is 6.21. The molecular weight excluding hydrogens is 1610 g/mol. The van der Waals surface area contributed by atoms with Crippen LogP contribution in [0.1, 0.15) is 44.5 Å². The van der Waals surface area contributed by atoms with Gasteiger partial charge in [0.1, 0.15) is 0 Å². The lowest BCUT2D eigenvalue weighted by molar-refractivity contribution is 1.23. The predicted molar refractivity (Wildman–Crippen MR) is 554 cm³/mol. The third-order valence-corrected chi connectivity index (χ3v) is 28.2. The maximum Gasteiger partial charge on any atom is 0.223 e. The van der Waals surface area contributed by atoms with Crippen molar-refractivity contribution >= 4 is 119 Å². The van der Waals surface area contributed by atoms with Crippen molar-refractivity contribution in [1.29, 1.82) is 0 Å². The van der Waals surface area contributed by atoms with Crippen LogP contribution in [0.5, 0.6) is 0 Å². The topological polar surface area (TPSA) is 25.8 Å². The average molecular weight is 1690 g/mol. The molecule has 4 heteroatoms. The number of hydrogen-bond acceptors (Lipinski definition) is 3. The molecule has 0 N–H and O–H groups in total. The zero-order chi connectivity index (χ0) is 86.1. The van der Waals surface area contributed by atoms with Gasteiger partial charge in [-0.25, -0.2) is 9.97 Å². The number of para-hydroxylation sites is 1. The standard InChI is InChI=1S/2C29H20.C24H13ClN2S.C23H16.C21H14/c1-3-9-20(10-4-1)22-15-16-23-17-24-19-27(21-11-5-2-6-12-21)25-13-7-8-14-26(25)29(24)28(23)18-22;1-2-6-20(7-3-1)21-10-12-22(13-11-21)24-15-16-25-18-26-17-14-23-8-4-5-9-27(23)29(26)28(25)19-24;25-24-26-20-8-4-3-7-17(20)23(27-24)16-9-10-21-18(12-16)19-11-14-5-1-2-6-15(14)13-22(19)28-21;1-2-6-16(7-3-1)18-11-12-19-14-20-13-10-17-8-4-5-9-21(17)23(20)22(19)15-18;1-3-7-18-14(5-1)9-11-16-13-17-12-10-15-6-2-4-8-19(15)21(17)20(16)18/h1-16,18-19H,17H2;1-17,19H,18H2;1-13H;1-13,15H,14H2;1-12H,13H2. The summed E-state index contributed by atoms with van der Waals surface area (Å²) in [5.41, 5.74) is 38.5. The Balaban J connectivity index is 0.0000000905. The van der Waals surface area contributed by atoms with E-state index in [2.05, 4.69) is 441 Å². The quantitative estimate of drug-likeness (QED) is 0.155. The number of rotatable bonds is 6. The van der Waals surface area contributed by atoms with Crippen LogP contribution >= 0.6 is 22.9 Å². The Morgan fingerprint density at radius 2 is 0.500 bits per heavy atom. The van der Waals surface area contributed by atoms with Gasteiger partial charge in [0.15, 0.2) is 0 Å². The third-order valence-electron chi connectivity index (χ3n) is 26.9. The van der Waals surface area contributed by atoms with E-state index in [1.165, 1.54) is 229 Å². The van der Waals surface area contributed by atoms with Gasteiger partial charge in [-0.2, -0.15) is 0 Å². The monoisotopic (exact) mass is 1690 g/mol. The molecule has 0 saturated carbocycles. The summed E-state index contributed by atoms with van der Waals surface area (Å²) >= 11 is 8.04. The predicted octanol–water partition coefficient (Wildman–Crippen LogP) is 34.6. The molecule has 0 saturated heterocycles. The highest BCUT2D eigenvalue weighted by atomic mass is 35.5. The largest absolute Gasteiger partial charge is 0.223 e. The molecule has 2 aromatic heterocycles. The molecule has 0 unspecified atom stereocenters. The molecule has 0 spiro atoms. The Kier molecular flexibility index (Phi) is 19.9. The van der Waals surface area contributed by atoms with E-state index < -0.39 is 0 Å². The molecule has 2 nitrogen and oxygen atoms in total. The highest BCUT2D eigenvalue weighted by Gasteiger charge is 2.28. The van der Waals surface area contributed by atoms with E-state index in [9.17, 15) is 0 Å². The first-order valence-corrected chi connectivity index (χ1v) is 46.1. The van der Waals surface area contributed by atoms with Gasteiger partial charge in [-0.15, -0.1) is 11.3 Å². The van der Waals surface area contributed by atoms with Gasteiger partial charge in [0.25, 0.3) is 0 Å². The first-order valence-electron chi connectivity index (χ1n) is 44.9. The smallest absolute Gasteiger partial charge is 0.218 e. The lowest BCUT2D eigenvalue weighted by atomic mass is 9.90. The van der Waals surface area contributed by atoms with Gasteiger partial charge in [0.2, 0.25) is 5.28 Å². The van der Waals surface area contributed by atoms with Crippen molar-refractivity contribution < 1.29 is 0 Å². The molecule has 22 aromatic carbocycles. The molecule has 0 fully saturated rings. The summed E-state index contributed by atoms with van der Waals surface area (Å²) in [6.45, 7) is 0. The van der Waals surface area contributed by atoms with Gasteiger partial charge in [0.05, 0.1) is 11.2 Å². The van der Waals surface area contributed by atoms with Crippen molar-refractivity contribution in [3.8, 4) is 111 Å². The van der Waals surface area contributed by atoms with Crippen LogP contribution in [0.15, 0.2) is 455 Å². The molecule has 0 radical (unpaired) electrons. The van der Waals surface area contributed by atoms with Crippen molar-refractivity contribution in [2.75, 3.05) is 0 Å². The van der Waals surface area contributed by atoms with Crippen LogP contribution in [0.3, 0.4) is 0 Å². The Bertz CT molecular complexity index is 8510. The van der Waals surface area contributed by atoms with Crippen molar-refractivity contribution in [3.05, 3.63) is 505 Å². The van der Waals surface area contributed by atoms with Crippen LogP contribution in [-0.2, 0) is 25.7 Å². The fourth-order valence-electron chi connectivity index (χ4n) is 20.7. The van der Waals surface area contributed by atoms with Crippen LogP contribution in [0, 0.1) is 0 Å². The first kappa shape index (κ1) is 77.8. The zero-order valence-electron chi connectivity index (χ0n) is 71.3. The van der Waals surface area contributed by atoms with E-state index in [1.54, 1.807) is 0 Å². The van der Waals surface area contributed by atoms with Crippen molar-refractivity contribution in [2.24, 2.45) is 0 Å². The Hall–Kier alpha value is -15.8. The minimum absolute atomic E-state index is 0.273. The molecule has 610 valence electrons. The van der Waals surface area contributed by atoms with Crippen molar-refractivity contribution in [2.45, 2.75) is 25.7 Å². The minimum Gasteiger partial charge on any atom is -0.218 e. The number of aromatic nitrogens is 2. The SMILES string of the molecule is Clc1nc(-c2ccc3sc4cc5ccccc5cc4c3c2)c2ccccc2n1.c1ccc(-c2ccc(-c3ccc4c(c3)-c3c(ccc5ccccc35)C4)cc2)cc1.c1ccc(-c2ccc3c(c2)-c2c(cc(-c4ccccc4)c4ccccc24)C3)cc1.c1ccc(-c2ccc3c(c2)-c2c(ccc4ccccc24)C3)cc1.c1ccc2c3c(ccc2c1)Cc1ccc2ccccc2c1-3. The fraction of sp³-hybridized carbons (Fsp3) is 0.0317. The third kappa shape index (κ3) is 14.3. The Labute approximate surface area is 764 Å². The second-order valence-electron chi connectivity index (χ2n) is 34.5. The van der Waals surface area contributed by atoms with Gasteiger partial charge in [-0.05, 0) is 301 Å². The number of fused-ring (bicyclic) bond motifs is 27. The summed E-state index contributed by atoms with van der Waals surface area (Å²) in [5, 5.41) is 19.8. The summed E-state index contributed by atoms with van der Waals surface area (Å²) in [6, 6.07) is 164. The highest BCUT2D eigenvalue weighted by molar-refractivity contribution is 7.25. The molecular formula is C126H83ClN2S. The minimum atomic E-state index is 0.273. The van der Waals surface area contributed by atoms with Crippen molar-refractivity contribution in [1.82, 2.24) is 9.97 Å². The highest BCUT2D eigenvalue weighted by Crippen LogP contribution is 2.51. The molecule has 0 aliphatic heterocycles. The van der Waals surface area contributed by atoms with Gasteiger partial charge in [-0.1, -0.05) is 400 Å². The number of thiophene rings is 1. The summed E-state index contributed by atoms with van der Waals surface area (Å²) < 4.78 is 2.58. The maximum atomic E-state index is 6.21. The van der Waals surface area contributed by atoms with E-state index in [0.717, 1.165) is 47.8 Å². The van der Waals surface area contributed by atoms with E-state index in [1.807, 2.05) is 35.6 Å². The summed E-state index contributed by atoms with van der Waals surface area (Å²) in [7, 11) is 0. The lowest BCUT2D eigenvalue weighted by Gasteiger charge is -2.13. The summed E-state index contributed by atoms with van der Waals surface area (Å²) in [6.07, 6.45) is 4.14. The first-order chi connectivity index (χ1) is 64.3. The van der Waals surface area contributed by atoms with Crippen LogP contribution < -0.4 is 0 Å². The van der Waals surface area contributed by atoms with Gasteiger partial charge in [-0.3, -0.25) is 0 Å². The molecule has 28 rings (SSSR count). The van der Waals surface area contributed by atoms with E-state index in [-0.39, 0.29) is 5.28 Å². The number of nitrogens with zero attached hydrogens (tertiary/aromatic N) is 2. The molecule has 2 heterocycles. The molecule has 0 atom stereocenters. The number of hydrogen-bond donors (Lipinski definition) is 0. The van der Waals surface area contributed by atoms with Gasteiger partial charge < -0.3 is 0 Å². The van der Waals surface area contributed by atoms with Gasteiger partial charge >= 0.3 is 0 Å². The molecule has 130 heavy (non-hydrogen) atoms. The molecule has 4 aliphatic carbocycles. The van der Waals surface area contributed by atoms with E-state index in [4.69, 9.17) is 11.6 Å². The average Bonchev–Trinajstić information content (AvgIpc) is 1.48. The van der Waals surface area contributed by atoms with Gasteiger partial charge in [0, 0.05) is 31.1 Å². The normalized spacial score (nSPS) is 12.1. The van der Waals surface area contributed by atoms with Crippen LogP contribution in [0.25, 0.3) is 207 Å². The molecule has 0 bridgehead atoms.